The van der Waals surface area contributed by atoms with Crippen molar-refractivity contribution in [3.63, 3.8) is 0 Å². The predicted molar refractivity (Wildman–Crippen MR) is 145 cm³/mol. The minimum Gasteiger partial charge on any atom is -0.340 e. The largest absolute Gasteiger partial charge is 0.340 e. The van der Waals surface area contributed by atoms with E-state index in [4.69, 9.17) is 28.2 Å². The van der Waals surface area contributed by atoms with E-state index in [0.29, 0.717) is 11.6 Å². The Hall–Kier alpha value is -2.58. The van der Waals surface area contributed by atoms with Crippen molar-refractivity contribution in [1.29, 1.82) is 0 Å². The fourth-order valence-electron chi connectivity index (χ4n) is 4.59. The molecule has 7 nitrogen and oxygen atoms in total. The molecule has 35 heavy (non-hydrogen) atoms. The molecule has 2 aromatic carbocycles. The first-order valence-corrected chi connectivity index (χ1v) is 12.7. The standard InChI is InChI=1S/C26H31Cl2N7/c1-18-4-5-19(14-22(18)28)17-34-24-16-20(27)15-21(23-6-7-30-35(23)13-12-32(2)3)25(24)31-26(34)33-10-8-29-9-11-33/h4-7,14-16,29H,8-13,17H2,1-3H3. The molecular weight excluding hydrogens is 481 g/mol. The Balaban J connectivity index is 1.66. The summed E-state index contributed by atoms with van der Waals surface area (Å²) < 4.78 is 4.31. The third-order valence-electron chi connectivity index (χ3n) is 6.53. The van der Waals surface area contributed by atoms with E-state index >= 15 is 0 Å². The molecule has 0 aliphatic carbocycles. The summed E-state index contributed by atoms with van der Waals surface area (Å²) in [5.41, 5.74) is 6.18. The number of benzene rings is 2. The molecule has 5 rings (SSSR count). The maximum absolute atomic E-state index is 6.71. The number of nitrogens with zero attached hydrogens (tertiary/aromatic N) is 6. The summed E-state index contributed by atoms with van der Waals surface area (Å²) in [7, 11) is 4.14. The second-order valence-corrected chi connectivity index (χ2v) is 10.2. The second-order valence-electron chi connectivity index (χ2n) is 9.38. The van der Waals surface area contributed by atoms with Crippen LogP contribution in [0.5, 0.6) is 0 Å². The molecule has 0 radical (unpaired) electrons. The van der Waals surface area contributed by atoms with Crippen molar-refractivity contribution < 1.29 is 0 Å². The zero-order valence-electron chi connectivity index (χ0n) is 20.4. The highest BCUT2D eigenvalue weighted by molar-refractivity contribution is 6.32. The molecule has 1 saturated heterocycles. The third kappa shape index (κ3) is 5.05. The monoisotopic (exact) mass is 511 g/mol. The Morgan fingerprint density at radius 2 is 1.86 bits per heavy atom. The Bertz CT molecular complexity index is 1340. The minimum absolute atomic E-state index is 0.662. The number of piperazine rings is 1. The summed E-state index contributed by atoms with van der Waals surface area (Å²) in [6.45, 7) is 8.05. The number of hydrogen-bond acceptors (Lipinski definition) is 5. The molecule has 0 atom stereocenters. The quantitative estimate of drug-likeness (QED) is 0.394. The molecule has 0 saturated carbocycles. The van der Waals surface area contributed by atoms with Crippen LogP contribution in [0, 0.1) is 6.92 Å². The highest BCUT2D eigenvalue weighted by Gasteiger charge is 2.23. The molecule has 0 unspecified atom stereocenters. The molecule has 184 valence electrons. The van der Waals surface area contributed by atoms with E-state index in [1.54, 1.807) is 0 Å². The number of hydrogen-bond donors (Lipinski definition) is 1. The predicted octanol–water partition coefficient (Wildman–Crippen LogP) is 4.53. The fourth-order valence-corrected chi connectivity index (χ4v) is 5.00. The van der Waals surface area contributed by atoms with Crippen molar-refractivity contribution >= 4 is 40.2 Å². The lowest BCUT2D eigenvalue weighted by Crippen LogP contribution is -2.44. The van der Waals surface area contributed by atoms with Crippen LogP contribution in [0.2, 0.25) is 10.0 Å². The number of aryl methyl sites for hydroxylation is 1. The topological polar surface area (TPSA) is 54.2 Å². The molecule has 1 aliphatic rings. The fraction of sp³-hybridized carbons (Fsp3) is 0.385. The van der Waals surface area contributed by atoms with Crippen LogP contribution in [0.3, 0.4) is 0 Å². The van der Waals surface area contributed by atoms with Crippen molar-refractivity contribution in [3.8, 4) is 11.3 Å². The Morgan fingerprint density at radius 3 is 2.60 bits per heavy atom. The van der Waals surface area contributed by atoms with Gasteiger partial charge in [-0.25, -0.2) is 4.98 Å². The lowest BCUT2D eigenvalue weighted by atomic mass is 10.1. The number of likely N-dealkylation sites (N-methyl/N-ethyl adjacent to an activating group) is 1. The van der Waals surface area contributed by atoms with E-state index in [1.165, 1.54) is 0 Å². The van der Waals surface area contributed by atoms with Gasteiger partial charge in [0.05, 0.1) is 24.3 Å². The summed E-state index contributed by atoms with van der Waals surface area (Å²) in [5, 5.41) is 9.49. The van der Waals surface area contributed by atoms with Gasteiger partial charge >= 0.3 is 0 Å². The molecule has 4 aromatic rings. The maximum Gasteiger partial charge on any atom is 0.206 e. The summed E-state index contributed by atoms with van der Waals surface area (Å²) in [5.74, 6) is 0.959. The van der Waals surface area contributed by atoms with Gasteiger partial charge in [-0.15, -0.1) is 0 Å². The van der Waals surface area contributed by atoms with E-state index in [9.17, 15) is 0 Å². The molecule has 1 fully saturated rings. The SMILES string of the molecule is Cc1ccc(Cn2c(N3CCNCC3)nc3c(-c4ccnn4CCN(C)C)cc(Cl)cc32)cc1Cl. The van der Waals surface area contributed by atoms with Crippen molar-refractivity contribution in [2.24, 2.45) is 0 Å². The van der Waals surface area contributed by atoms with Crippen LogP contribution in [0.25, 0.3) is 22.3 Å². The number of imidazole rings is 1. The number of fused-ring (bicyclic) bond motifs is 1. The van der Waals surface area contributed by atoms with Crippen molar-refractivity contribution in [2.45, 2.75) is 20.0 Å². The zero-order valence-corrected chi connectivity index (χ0v) is 21.9. The summed E-state index contributed by atoms with van der Waals surface area (Å²) in [4.78, 5) is 9.73. The maximum atomic E-state index is 6.71. The molecule has 3 heterocycles. The normalized spacial score (nSPS) is 14.4. The minimum atomic E-state index is 0.662. The van der Waals surface area contributed by atoms with Gasteiger partial charge in [-0.05, 0) is 56.4 Å². The van der Waals surface area contributed by atoms with Gasteiger partial charge in [0.2, 0.25) is 5.95 Å². The summed E-state index contributed by atoms with van der Waals surface area (Å²) in [6.07, 6.45) is 1.85. The van der Waals surface area contributed by atoms with E-state index in [1.807, 2.05) is 42.1 Å². The van der Waals surface area contributed by atoms with Gasteiger partial charge in [-0.1, -0.05) is 35.3 Å². The van der Waals surface area contributed by atoms with Gasteiger partial charge < -0.3 is 19.7 Å². The van der Waals surface area contributed by atoms with E-state index < -0.39 is 0 Å². The smallest absolute Gasteiger partial charge is 0.206 e. The molecule has 0 spiro atoms. The third-order valence-corrected chi connectivity index (χ3v) is 7.15. The van der Waals surface area contributed by atoms with Crippen LogP contribution in [-0.4, -0.2) is 71.1 Å². The summed E-state index contributed by atoms with van der Waals surface area (Å²) >= 11 is 13.2. The lowest BCUT2D eigenvalue weighted by molar-refractivity contribution is 0.374. The van der Waals surface area contributed by atoms with Gasteiger partial charge in [0.15, 0.2) is 0 Å². The molecular formula is C26H31Cl2N7. The first kappa shape index (κ1) is 24.1. The van der Waals surface area contributed by atoms with Gasteiger partial charge in [-0.2, -0.15) is 5.10 Å². The van der Waals surface area contributed by atoms with E-state index in [-0.39, 0.29) is 0 Å². The van der Waals surface area contributed by atoms with E-state index in [2.05, 4.69) is 51.0 Å². The molecule has 0 bridgehead atoms. The highest BCUT2D eigenvalue weighted by atomic mass is 35.5. The van der Waals surface area contributed by atoms with Crippen LogP contribution in [0.1, 0.15) is 11.1 Å². The first-order valence-electron chi connectivity index (χ1n) is 12.0. The number of rotatable bonds is 7. The molecule has 9 heteroatoms. The summed E-state index contributed by atoms with van der Waals surface area (Å²) in [6, 6.07) is 12.3. The number of anilines is 1. The molecule has 1 N–H and O–H groups in total. The van der Waals surface area contributed by atoms with Crippen molar-refractivity contribution in [1.82, 2.24) is 29.5 Å². The Morgan fingerprint density at radius 1 is 1.06 bits per heavy atom. The van der Waals surface area contributed by atoms with Crippen molar-refractivity contribution in [2.75, 3.05) is 51.7 Å². The number of nitrogens with one attached hydrogen (secondary N) is 1. The van der Waals surface area contributed by atoms with Gasteiger partial charge in [0, 0.05) is 54.5 Å². The molecule has 0 amide bonds. The van der Waals surface area contributed by atoms with Crippen LogP contribution in [0.15, 0.2) is 42.6 Å². The van der Waals surface area contributed by atoms with Crippen LogP contribution < -0.4 is 10.2 Å². The second kappa shape index (κ2) is 10.2. The van der Waals surface area contributed by atoms with Crippen LogP contribution >= 0.6 is 23.2 Å². The van der Waals surface area contributed by atoms with Crippen LogP contribution in [0.4, 0.5) is 5.95 Å². The Labute approximate surface area is 216 Å². The average Bonchev–Trinajstić information content (AvgIpc) is 3.45. The van der Waals surface area contributed by atoms with Gasteiger partial charge in [-0.3, -0.25) is 4.68 Å². The first-order chi connectivity index (χ1) is 16.9. The van der Waals surface area contributed by atoms with Gasteiger partial charge in [0.1, 0.15) is 5.52 Å². The average molecular weight is 512 g/mol. The molecule has 1 aliphatic heterocycles. The van der Waals surface area contributed by atoms with Crippen LogP contribution in [-0.2, 0) is 13.1 Å². The number of aromatic nitrogens is 4. The lowest BCUT2D eigenvalue weighted by Gasteiger charge is -2.29. The number of halogens is 2. The molecule has 2 aromatic heterocycles. The van der Waals surface area contributed by atoms with E-state index in [0.717, 1.165) is 83.7 Å². The van der Waals surface area contributed by atoms with Gasteiger partial charge in [0.25, 0.3) is 0 Å². The zero-order chi connectivity index (χ0) is 24.5. The highest BCUT2D eigenvalue weighted by Crippen LogP contribution is 2.35. The Kier molecular flexibility index (Phi) is 7.02. The van der Waals surface area contributed by atoms with Crippen molar-refractivity contribution in [3.05, 3.63) is 63.8 Å².